The molecule has 1 aliphatic carbocycles. The summed E-state index contributed by atoms with van der Waals surface area (Å²) < 4.78 is 31.1. The maximum absolute atomic E-state index is 11.7. The number of carbonyl (C=O) groups is 1. The van der Waals surface area contributed by atoms with Gasteiger partial charge in [0.2, 0.25) is 0 Å². The number of phosphoric ester groups is 1. The topological polar surface area (TPSA) is 71.1 Å². The maximum atomic E-state index is 11.7. The average Bonchev–Trinajstić information content (AvgIpc) is 2.39. The largest absolute Gasteiger partial charge is 0.529 e. The summed E-state index contributed by atoms with van der Waals surface area (Å²) in [5, 5.41) is 0. The van der Waals surface area contributed by atoms with Crippen LogP contribution in [0.5, 0.6) is 0 Å². The molecule has 1 aliphatic rings. The van der Waals surface area contributed by atoms with Crippen molar-refractivity contribution in [2.45, 2.75) is 45.1 Å². The summed E-state index contributed by atoms with van der Waals surface area (Å²) >= 11 is 0. The molecular formula is C12H21O6P. The van der Waals surface area contributed by atoms with Crippen LogP contribution in [0.1, 0.15) is 39.0 Å². The molecular weight excluding hydrogens is 271 g/mol. The predicted molar refractivity (Wildman–Crippen MR) is 69.4 cm³/mol. The van der Waals surface area contributed by atoms with Crippen LogP contribution in [-0.2, 0) is 27.7 Å². The predicted octanol–water partition coefficient (Wildman–Crippen LogP) is 3.18. The van der Waals surface area contributed by atoms with Gasteiger partial charge in [-0.2, -0.15) is 0 Å². The Labute approximate surface area is 113 Å². The van der Waals surface area contributed by atoms with E-state index in [-0.39, 0.29) is 11.9 Å². The van der Waals surface area contributed by atoms with Crippen molar-refractivity contribution >= 4 is 13.8 Å². The molecule has 0 aliphatic heterocycles. The Morgan fingerprint density at radius 1 is 1.16 bits per heavy atom. The molecule has 0 amide bonds. The first-order valence-electron chi connectivity index (χ1n) is 6.29. The lowest BCUT2D eigenvalue weighted by Crippen LogP contribution is -2.19. The highest BCUT2D eigenvalue weighted by atomic mass is 31.2. The second-order valence-corrected chi connectivity index (χ2v) is 6.16. The van der Waals surface area contributed by atoms with Crippen molar-refractivity contribution in [3.63, 3.8) is 0 Å². The fraction of sp³-hybridized carbons (Fsp3) is 0.750. The van der Waals surface area contributed by atoms with Gasteiger partial charge in [-0.3, -0.25) is 9.05 Å². The summed E-state index contributed by atoms with van der Waals surface area (Å²) in [5.41, 5.74) is 0. The third-order valence-corrected chi connectivity index (χ3v) is 4.27. The highest BCUT2D eigenvalue weighted by Gasteiger charge is 2.25. The summed E-state index contributed by atoms with van der Waals surface area (Å²) in [6.45, 7) is 1.49. The Morgan fingerprint density at radius 2 is 1.74 bits per heavy atom. The minimum atomic E-state index is -3.61. The van der Waals surface area contributed by atoms with E-state index >= 15 is 0 Å². The number of carbonyl (C=O) groups excluding carboxylic acids is 1. The fourth-order valence-electron chi connectivity index (χ4n) is 1.90. The summed E-state index contributed by atoms with van der Waals surface area (Å²) in [5.74, 6) is -0.365. The van der Waals surface area contributed by atoms with Crippen molar-refractivity contribution in [1.29, 1.82) is 0 Å². The van der Waals surface area contributed by atoms with Crippen LogP contribution in [0.4, 0.5) is 0 Å². The first kappa shape index (κ1) is 16.2. The van der Waals surface area contributed by atoms with Gasteiger partial charge >= 0.3 is 13.8 Å². The van der Waals surface area contributed by atoms with E-state index < -0.39 is 13.8 Å². The van der Waals surface area contributed by atoms with E-state index in [9.17, 15) is 9.36 Å². The standard InChI is InChI=1S/C12H21O6P/c1-10(18-19(14,15-2)16-3)9-12(13)17-11-7-5-4-6-8-11/h9,11H,4-8H2,1-3H3/b10-9-. The van der Waals surface area contributed by atoms with E-state index in [0.717, 1.165) is 31.8 Å². The molecule has 0 atom stereocenters. The maximum Gasteiger partial charge on any atom is 0.529 e. The van der Waals surface area contributed by atoms with E-state index in [1.165, 1.54) is 27.6 Å². The molecule has 0 saturated heterocycles. The van der Waals surface area contributed by atoms with Crippen LogP contribution in [0, 0.1) is 0 Å². The monoisotopic (exact) mass is 292 g/mol. The van der Waals surface area contributed by atoms with Gasteiger partial charge in [0.15, 0.2) is 0 Å². The van der Waals surface area contributed by atoms with E-state index in [1.807, 2.05) is 0 Å². The quantitative estimate of drug-likeness (QED) is 0.324. The van der Waals surface area contributed by atoms with Gasteiger partial charge in [0, 0.05) is 14.2 Å². The molecule has 0 aromatic carbocycles. The lowest BCUT2D eigenvalue weighted by molar-refractivity contribution is -0.144. The molecule has 0 heterocycles. The van der Waals surface area contributed by atoms with Crippen molar-refractivity contribution in [3.05, 3.63) is 11.8 Å². The first-order chi connectivity index (χ1) is 8.99. The van der Waals surface area contributed by atoms with E-state index in [0.29, 0.717) is 0 Å². The Morgan fingerprint density at radius 3 is 2.26 bits per heavy atom. The van der Waals surface area contributed by atoms with Crippen LogP contribution >= 0.6 is 7.82 Å². The molecule has 1 saturated carbocycles. The molecule has 0 aromatic rings. The van der Waals surface area contributed by atoms with Crippen molar-refractivity contribution in [1.82, 2.24) is 0 Å². The second-order valence-electron chi connectivity index (χ2n) is 4.36. The van der Waals surface area contributed by atoms with Crippen LogP contribution in [0.15, 0.2) is 11.8 Å². The zero-order chi connectivity index (χ0) is 14.3. The van der Waals surface area contributed by atoms with Gasteiger partial charge in [-0.05, 0) is 32.6 Å². The van der Waals surface area contributed by atoms with Gasteiger partial charge in [0.05, 0.1) is 6.08 Å². The second kappa shape index (κ2) is 7.68. The number of ether oxygens (including phenoxy) is 1. The molecule has 0 aromatic heterocycles. The fourth-order valence-corrected chi connectivity index (χ4v) is 2.60. The van der Waals surface area contributed by atoms with Gasteiger partial charge in [-0.1, -0.05) is 6.42 Å². The molecule has 0 radical (unpaired) electrons. The zero-order valence-electron chi connectivity index (χ0n) is 11.6. The zero-order valence-corrected chi connectivity index (χ0v) is 12.5. The molecule has 1 rings (SSSR count). The summed E-state index contributed by atoms with van der Waals surface area (Å²) in [4.78, 5) is 11.6. The molecule has 7 heteroatoms. The van der Waals surface area contributed by atoms with Crippen molar-refractivity contribution in [2.75, 3.05) is 14.2 Å². The number of hydrogen-bond acceptors (Lipinski definition) is 6. The Kier molecular flexibility index (Phi) is 6.55. The molecule has 0 bridgehead atoms. The minimum absolute atomic E-state index is 0.0260. The number of phosphoric acid groups is 1. The molecule has 110 valence electrons. The molecule has 1 fully saturated rings. The summed E-state index contributed by atoms with van der Waals surface area (Å²) in [7, 11) is -1.20. The van der Waals surface area contributed by atoms with Gasteiger partial charge < -0.3 is 9.26 Å². The van der Waals surface area contributed by atoms with Crippen LogP contribution in [-0.4, -0.2) is 26.3 Å². The molecule has 6 nitrogen and oxygen atoms in total. The third-order valence-electron chi connectivity index (χ3n) is 2.86. The Bertz CT molecular complexity index is 364. The van der Waals surface area contributed by atoms with Crippen LogP contribution < -0.4 is 0 Å². The Hall–Kier alpha value is -0.840. The van der Waals surface area contributed by atoms with Crippen LogP contribution in [0.3, 0.4) is 0 Å². The highest BCUT2D eigenvalue weighted by molar-refractivity contribution is 7.48. The van der Waals surface area contributed by atoms with E-state index in [1.54, 1.807) is 0 Å². The smallest absolute Gasteiger partial charge is 0.459 e. The van der Waals surface area contributed by atoms with Gasteiger partial charge in [-0.15, -0.1) is 0 Å². The minimum Gasteiger partial charge on any atom is -0.459 e. The van der Waals surface area contributed by atoms with Gasteiger partial charge in [-0.25, -0.2) is 9.36 Å². The summed E-state index contributed by atoms with van der Waals surface area (Å²) in [6.07, 6.45) is 6.28. The van der Waals surface area contributed by atoms with Crippen molar-refractivity contribution < 1.29 is 27.7 Å². The van der Waals surface area contributed by atoms with E-state index in [2.05, 4.69) is 9.05 Å². The molecule has 19 heavy (non-hydrogen) atoms. The van der Waals surface area contributed by atoms with Gasteiger partial charge in [0.25, 0.3) is 0 Å². The average molecular weight is 292 g/mol. The number of rotatable bonds is 6. The highest BCUT2D eigenvalue weighted by Crippen LogP contribution is 2.49. The van der Waals surface area contributed by atoms with E-state index in [4.69, 9.17) is 9.26 Å². The number of allylic oxidation sites excluding steroid dienone is 1. The molecule has 0 unspecified atom stereocenters. The van der Waals surface area contributed by atoms with Gasteiger partial charge in [0.1, 0.15) is 11.9 Å². The SMILES string of the molecule is COP(=O)(OC)O/C(C)=C\C(=O)OC1CCCCC1. The lowest BCUT2D eigenvalue weighted by atomic mass is 9.98. The molecule has 0 N–H and O–H groups in total. The third kappa shape index (κ3) is 5.76. The van der Waals surface area contributed by atoms with Crippen molar-refractivity contribution in [2.24, 2.45) is 0 Å². The normalized spacial score (nSPS) is 18.2. The lowest BCUT2D eigenvalue weighted by Gasteiger charge is -2.21. The van der Waals surface area contributed by atoms with Crippen molar-refractivity contribution in [3.8, 4) is 0 Å². The Balaban J connectivity index is 2.48. The number of esters is 1. The van der Waals surface area contributed by atoms with Crippen LogP contribution in [0.25, 0.3) is 0 Å². The number of hydrogen-bond donors (Lipinski definition) is 0. The molecule has 0 spiro atoms. The first-order valence-corrected chi connectivity index (χ1v) is 7.75. The van der Waals surface area contributed by atoms with Crippen LogP contribution in [0.2, 0.25) is 0 Å². The summed E-state index contributed by atoms with van der Waals surface area (Å²) in [6, 6.07) is 0.